The van der Waals surface area contributed by atoms with Crippen LogP contribution in [-0.2, 0) is 14.2 Å². The zero-order valence-electron chi connectivity index (χ0n) is 14.8. The van der Waals surface area contributed by atoms with Crippen molar-refractivity contribution in [2.45, 2.75) is 101 Å². The molecule has 3 fully saturated rings. The van der Waals surface area contributed by atoms with Gasteiger partial charge in [-0.3, -0.25) is 0 Å². The molecule has 1 N–H and O–H groups in total. The Kier molecular flexibility index (Phi) is 5.17. The van der Waals surface area contributed by atoms with Gasteiger partial charge in [-0.2, -0.15) is 0 Å². The van der Waals surface area contributed by atoms with Gasteiger partial charge < -0.3 is 19.3 Å². The van der Waals surface area contributed by atoms with Gasteiger partial charge in [-0.1, -0.05) is 12.2 Å². The van der Waals surface area contributed by atoms with Crippen LogP contribution < -0.4 is 0 Å². The van der Waals surface area contributed by atoms with Gasteiger partial charge in [0.05, 0.1) is 35.6 Å². The van der Waals surface area contributed by atoms with Crippen molar-refractivity contribution in [1.82, 2.24) is 0 Å². The number of hydrogen-bond donors (Lipinski definition) is 1. The summed E-state index contributed by atoms with van der Waals surface area (Å²) in [5, 5.41) is 10.5. The zero-order valence-corrected chi connectivity index (χ0v) is 14.8. The normalized spacial score (nSPS) is 47.8. The second-order valence-corrected chi connectivity index (χ2v) is 7.87. The quantitative estimate of drug-likeness (QED) is 0.809. The maximum absolute atomic E-state index is 10.5. The zero-order chi connectivity index (χ0) is 16.5. The van der Waals surface area contributed by atoms with Gasteiger partial charge in [-0.15, -0.1) is 0 Å². The first kappa shape index (κ1) is 17.4. The summed E-state index contributed by atoms with van der Waals surface area (Å²) >= 11 is 0. The van der Waals surface area contributed by atoms with Crippen molar-refractivity contribution >= 4 is 0 Å². The van der Waals surface area contributed by atoms with Crippen molar-refractivity contribution in [3.8, 4) is 0 Å². The standard InChI is InChI=1S/C19H32O4/c1-4-5-6-9-15-14(20)12-17-19(3,23-15)13-18(2)16(22-17)10-7-8-11-21-18/h4-5,14-17,20H,6-13H2,1-3H3/b5-4+/t14-,15+,16-,17+,18+,19-/m1/s1. The Labute approximate surface area is 140 Å². The topological polar surface area (TPSA) is 47.9 Å². The molecule has 0 aromatic heterocycles. The predicted octanol–water partition coefficient (Wildman–Crippen LogP) is 3.37. The number of rotatable bonds is 3. The summed E-state index contributed by atoms with van der Waals surface area (Å²) in [5.74, 6) is 0. The molecular formula is C19H32O4. The summed E-state index contributed by atoms with van der Waals surface area (Å²) in [5.41, 5.74) is -0.632. The second-order valence-electron chi connectivity index (χ2n) is 7.87. The highest BCUT2D eigenvalue weighted by Crippen LogP contribution is 2.47. The minimum Gasteiger partial charge on any atom is -0.390 e. The van der Waals surface area contributed by atoms with Crippen LogP contribution >= 0.6 is 0 Å². The van der Waals surface area contributed by atoms with Crippen LogP contribution in [0.4, 0.5) is 0 Å². The average molecular weight is 324 g/mol. The maximum atomic E-state index is 10.5. The first-order valence-corrected chi connectivity index (χ1v) is 9.23. The van der Waals surface area contributed by atoms with Crippen LogP contribution in [0.25, 0.3) is 0 Å². The Hall–Kier alpha value is -0.420. The van der Waals surface area contributed by atoms with E-state index in [1.165, 1.54) is 0 Å². The Balaban J connectivity index is 1.73. The molecule has 0 unspecified atom stereocenters. The molecule has 3 rings (SSSR count). The van der Waals surface area contributed by atoms with E-state index in [1.807, 2.05) is 6.92 Å². The molecular weight excluding hydrogens is 292 g/mol. The van der Waals surface area contributed by atoms with Crippen molar-refractivity contribution in [2.75, 3.05) is 6.61 Å². The SMILES string of the molecule is C/C=C/CC[C@@H]1O[C@]2(C)C[C@]3(C)OCCCC[C@H]3O[C@H]2C[C@H]1O. The van der Waals surface area contributed by atoms with E-state index in [2.05, 4.69) is 26.0 Å². The number of aliphatic hydroxyl groups excluding tert-OH is 1. The summed E-state index contributed by atoms with van der Waals surface area (Å²) in [6, 6.07) is 0. The van der Waals surface area contributed by atoms with E-state index in [1.54, 1.807) is 0 Å². The minimum atomic E-state index is -0.436. The van der Waals surface area contributed by atoms with E-state index in [4.69, 9.17) is 14.2 Å². The summed E-state index contributed by atoms with van der Waals surface area (Å²) in [6.07, 6.45) is 10.3. The molecule has 3 aliphatic rings. The fourth-order valence-corrected chi connectivity index (χ4v) is 4.56. The molecule has 0 aliphatic carbocycles. The molecule has 0 aromatic rings. The maximum Gasteiger partial charge on any atom is 0.0949 e. The lowest BCUT2D eigenvalue weighted by molar-refractivity contribution is -0.310. The van der Waals surface area contributed by atoms with Gasteiger partial charge in [0.15, 0.2) is 0 Å². The number of ether oxygens (including phenoxy) is 3. The summed E-state index contributed by atoms with van der Waals surface area (Å²) in [4.78, 5) is 0. The molecule has 4 heteroatoms. The highest BCUT2D eigenvalue weighted by molar-refractivity contribution is 5.06. The molecule has 0 aromatic carbocycles. The van der Waals surface area contributed by atoms with Gasteiger partial charge in [-0.25, -0.2) is 0 Å². The fraction of sp³-hybridized carbons (Fsp3) is 0.895. The van der Waals surface area contributed by atoms with E-state index in [0.29, 0.717) is 6.42 Å². The molecule has 0 amide bonds. The molecule has 0 radical (unpaired) electrons. The third-order valence-corrected chi connectivity index (χ3v) is 5.84. The summed E-state index contributed by atoms with van der Waals surface area (Å²) < 4.78 is 19.0. The first-order valence-electron chi connectivity index (χ1n) is 9.23. The van der Waals surface area contributed by atoms with Crippen LogP contribution in [0.2, 0.25) is 0 Å². The average Bonchev–Trinajstić information content (AvgIpc) is 2.67. The monoisotopic (exact) mass is 324 g/mol. The molecule has 3 heterocycles. The highest BCUT2D eigenvalue weighted by atomic mass is 16.6. The van der Waals surface area contributed by atoms with E-state index in [-0.39, 0.29) is 29.5 Å². The smallest absolute Gasteiger partial charge is 0.0949 e. The van der Waals surface area contributed by atoms with Crippen molar-refractivity contribution in [1.29, 1.82) is 0 Å². The van der Waals surface area contributed by atoms with Crippen LogP contribution in [0.15, 0.2) is 12.2 Å². The number of aliphatic hydroxyl groups is 1. The predicted molar refractivity (Wildman–Crippen MR) is 89.4 cm³/mol. The van der Waals surface area contributed by atoms with Crippen LogP contribution in [-0.4, -0.2) is 47.3 Å². The Morgan fingerprint density at radius 2 is 2.00 bits per heavy atom. The van der Waals surface area contributed by atoms with E-state index < -0.39 is 6.10 Å². The van der Waals surface area contributed by atoms with Crippen molar-refractivity contribution in [3.05, 3.63) is 12.2 Å². The van der Waals surface area contributed by atoms with Gasteiger partial charge in [0.25, 0.3) is 0 Å². The molecule has 4 nitrogen and oxygen atoms in total. The molecule has 0 saturated carbocycles. The van der Waals surface area contributed by atoms with Gasteiger partial charge in [0.1, 0.15) is 0 Å². The van der Waals surface area contributed by atoms with E-state index in [9.17, 15) is 5.11 Å². The molecule has 132 valence electrons. The van der Waals surface area contributed by atoms with Gasteiger partial charge in [0, 0.05) is 19.4 Å². The third-order valence-electron chi connectivity index (χ3n) is 5.84. The summed E-state index contributed by atoms with van der Waals surface area (Å²) in [6.45, 7) is 7.15. The van der Waals surface area contributed by atoms with Crippen LogP contribution in [0.1, 0.15) is 65.7 Å². The van der Waals surface area contributed by atoms with Gasteiger partial charge in [-0.05, 0) is 52.9 Å². The van der Waals surface area contributed by atoms with E-state index >= 15 is 0 Å². The van der Waals surface area contributed by atoms with Gasteiger partial charge in [0.2, 0.25) is 0 Å². The Morgan fingerprint density at radius 3 is 2.78 bits per heavy atom. The molecule has 6 atom stereocenters. The second kappa shape index (κ2) is 6.83. The molecule has 23 heavy (non-hydrogen) atoms. The highest BCUT2D eigenvalue weighted by Gasteiger charge is 2.57. The first-order chi connectivity index (χ1) is 11.0. The Bertz CT molecular complexity index is 437. The molecule has 3 aliphatic heterocycles. The number of allylic oxidation sites excluding steroid dienone is 2. The largest absolute Gasteiger partial charge is 0.390 e. The third kappa shape index (κ3) is 3.51. The van der Waals surface area contributed by atoms with Crippen molar-refractivity contribution in [3.63, 3.8) is 0 Å². The lowest BCUT2D eigenvalue weighted by atomic mass is 9.74. The number of fused-ring (bicyclic) bond motifs is 2. The van der Waals surface area contributed by atoms with Gasteiger partial charge >= 0.3 is 0 Å². The lowest BCUT2D eigenvalue weighted by Gasteiger charge is -2.56. The molecule has 3 saturated heterocycles. The summed E-state index contributed by atoms with van der Waals surface area (Å²) in [7, 11) is 0. The minimum absolute atomic E-state index is 0.0322. The van der Waals surface area contributed by atoms with Crippen molar-refractivity contribution in [2.24, 2.45) is 0 Å². The van der Waals surface area contributed by atoms with Crippen LogP contribution in [0.5, 0.6) is 0 Å². The molecule has 0 spiro atoms. The number of hydrogen-bond acceptors (Lipinski definition) is 4. The Morgan fingerprint density at radius 1 is 1.17 bits per heavy atom. The lowest BCUT2D eigenvalue weighted by Crippen LogP contribution is -2.66. The van der Waals surface area contributed by atoms with Crippen LogP contribution in [0, 0.1) is 0 Å². The van der Waals surface area contributed by atoms with Crippen LogP contribution in [0.3, 0.4) is 0 Å². The molecule has 0 bridgehead atoms. The fourth-order valence-electron chi connectivity index (χ4n) is 4.56. The van der Waals surface area contributed by atoms with E-state index in [0.717, 1.165) is 45.1 Å². The van der Waals surface area contributed by atoms with Crippen molar-refractivity contribution < 1.29 is 19.3 Å².